The fourth-order valence-electron chi connectivity index (χ4n) is 4.46. The lowest BCUT2D eigenvalue weighted by molar-refractivity contribution is -0.127. The zero-order valence-corrected chi connectivity index (χ0v) is 19.5. The first kappa shape index (κ1) is 22.5. The molecule has 180 valence electrons. The number of likely N-dealkylation sites (N-methyl/N-ethyl adjacent to an activating group) is 1. The number of rotatable bonds is 5. The summed E-state index contributed by atoms with van der Waals surface area (Å²) in [4.78, 5) is 31.8. The Kier molecular flexibility index (Phi) is 5.59. The number of hydrogen-bond donors (Lipinski definition) is 1. The summed E-state index contributed by atoms with van der Waals surface area (Å²) >= 11 is 0. The average molecular weight is 471 g/mol. The first-order valence-corrected chi connectivity index (χ1v) is 11.4. The van der Waals surface area contributed by atoms with E-state index in [1.807, 2.05) is 18.7 Å². The molecule has 0 radical (unpaired) electrons. The van der Waals surface area contributed by atoms with Crippen LogP contribution in [-0.2, 0) is 10.3 Å². The molecule has 3 aromatic rings. The Morgan fingerprint density at radius 3 is 2.53 bits per heavy atom. The van der Waals surface area contributed by atoms with Gasteiger partial charge in [0.2, 0.25) is 11.9 Å². The maximum Gasteiger partial charge on any atom is 0.227 e. The smallest absolute Gasteiger partial charge is 0.227 e. The molecule has 1 N–H and O–H groups in total. The number of carbonyl (C=O) groups is 1. The van der Waals surface area contributed by atoms with E-state index in [4.69, 9.17) is 0 Å². The quantitative estimate of drug-likeness (QED) is 0.607. The molecule has 0 saturated carbocycles. The maximum atomic E-state index is 14.5. The van der Waals surface area contributed by atoms with Crippen molar-refractivity contribution in [1.29, 1.82) is 0 Å². The highest BCUT2D eigenvalue weighted by molar-refractivity contribution is 5.82. The van der Waals surface area contributed by atoms with Crippen LogP contribution in [0.25, 0.3) is 5.65 Å². The Balaban J connectivity index is 1.25. The van der Waals surface area contributed by atoms with E-state index in [1.54, 1.807) is 27.8 Å². The van der Waals surface area contributed by atoms with Gasteiger partial charge in [-0.3, -0.25) is 9.20 Å². The number of amides is 1. The summed E-state index contributed by atoms with van der Waals surface area (Å²) in [5.41, 5.74) is 0.106. The molecule has 5 heterocycles. The van der Waals surface area contributed by atoms with Crippen molar-refractivity contribution in [2.24, 2.45) is 5.92 Å². The van der Waals surface area contributed by atoms with Gasteiger partial charge in [-0.25, -0.2) is 18.7 Å². The van der Waals surface area contributed by atoms with Crippen LogP contribution in [0.15, 0.2) is 30.7 Å². The van der Waals surface area contributed by atoms with Crippen LogP contribution in [0.5, 0.6) is 0 Å². The van der Waals surface area contributed by atoms with Crippen molar-refractivity contribution in [2.75, 3.05) is 56.1 Å². The number of halogens is 2. The van der Waals surface area contributed by atoms with Gasteiger partial charge in [-0.15, -0.1) is 0 Å². The molecule has 0 unspecified atom stereocenters. The van der Waals surface area contributed by atoms with E-state index in [0.717, 1.165) is 26.2 Å². The van der Waals surface area contributed by atoms with E-state index in [0.29, 0.717) is 24.7 Å². The van der Waals surface area contributed by atoms with E-state index in [9.17, 15) is 13.6 Å². The molecule has 2 aliphatic rings. The van der Waals surface area contributed by atoms with E-state index < -0.39 is 17.2 Å². The molecule has 2 aliphatic heterocycles. The fraction of sp³-hybridized carbons (Fsp3) is 0.478. The summed E-state index contributed by atoms with van der Waals surface area (Å²) in [5, 5.41) is 3.04. The molecule has 9 nitrogen and oxygen atoms in total. The lowest BCUT2D eigenvalue weighted by atomic mass is 9.95. The van der Waals surface area contributed by atoms with E-state index >= 15 is 0 Å². The van der Waals surface area contributed by atoms with Crippen LogP contribution >= 0.6 is 0 Å². The second-order valence-corrected chi connectivity index (χ2v) is 9.54. The van der Waals surface area contributed by atoms with Gasteiger partial charge in [-0.2, -0.15) is 4.98 Å². The number of aromatic nitrogens is 4. The van der Waals surface area contributed by atoms with Crippen LogP contribution < -0.4 is 15.1 Å². The van der Waals surface area contributed by atoms with Gasteiger partial charge < -0.3 is 20.0 Å². The normalized spacial score (nSPS) is 17.8. The summed E-state index contributed by atoms with van der Waals surface area (Å²) < 4.78 is 30.2. The summed E-state index contributed by atoms with van der Waals surface area (Å²) in [6, 6.07) is 2.95. The van der Waals surface area contributed by atoms with Crippen molar-refractivity contribution < 1.29 is 13.6 Å². The van der Waals surface area contributed by atoms with Crippen LogP contribution in [0, 0.1) is 17.6 Å². The lowest BCUT2D eigenvalue weighted by Crippen LogP contribution is -2.57. The van der Waals surface area contributed by atoms with E-state index in [2.05, 4.69) is 32.2 Å². The highest BCUT2D eigenvalue weighted by Crippen LogP contribution is 2.29. The number of pyridine rings is 1. The van der Waals surface area contributed by atoms with E-state index in [-0.39, 0.29) is 23.3 Å². The van der Waals surface area contributed by atoms with Crippen LogP contribution in [0.2, 0.25) is 0 Å². The summed E-state index contributed by atoms with van der Waals surface area (Å²) in [5.74, 6) is -0.640. The van der Waals surface area contributed by atoms with Crippen LogP contribution in [0.1, 0.15) is 19.5 Å². The average Bonchev–Trinajstić information content (AvgIpc) is 3.21. The number of anilines is 2. The van der Waals surface area contributed by atoms with Crippen molar-refractivity contribution in [2.45, 2.75) is 19.4 Å². The molecule has 0 bridgehead atoms. The molecular formula is C23H28F2N8O. The predicted molar refractivity (Wildman–Crippen MR) is 124 cm³/mol. The Labute approximate surface area is 196 Å². The summed E-state index contributed by atoms with van der Waals surface area (Å²) in [6.07, 6.45) is 4.49. The second kappa shape index (κ2) is 8.46. The number of hydrogen-bond acceptors (Lipinski definition) is 7. The van der Waals surface area contributed by atoms with Gasteiger partial charge in [0, 0.05) is 45.5 Å². The predicted octanol–water partition coefficient (Wildman–Crippen LogP) is 1.64. The summed E-state index contributed by atoms with van der Waals surface area (Å²) in [6.45, 7) is 7.79. The van der Waals surface area contributed by atoms with Gasteiger partial charge in [-0.1, -0.05) is 0 Å². The van der Waals surface area contributed by atoms with Crippen LogP contribution in [-0.4, -0.2) is 76.5 Å². The van der Waals surface area contributed by atoms with Gasteiger partial charge >= 0.3 is 0 Å². The van der Waals surface area contributed by atoms with Crippen molar-refractivity contribution in [3.63, 3.8) is 0 Å². The number of piperazine rings is 1. The standard InChI is InChI=1S/C23H28F2N8O/c1-23(2,18-12-26-19-16(24)5-4-6-33(18)19)29-21(34)15-13-32(14-15)20-17(25)11-27-22(28-20)31-9-7-30(3)8-10-31/h4-6,11-12,15H,7-10,13-14H2,1-3H3,(H,29,34). The molecule has 2 saturated heterocycles. The Bertz CT molecular complexity index is 1210. The molecule has 0 spiro atoms. The second-order valence-electron chi connectivity index (χ2n) is 9.54. The van der Waals surface area contributed by atoms with Crippen molar-refractivity contribution >= 4 is 23.3 Å². The largest absolute Gasteiger partial charge is 0.352 e. The molecule has 11 heteroatoms. The van der Waals surface area contributed by atoms with Crippen molar-refractivity contribution in [3.05, 3.63) is 48.1 Å². The zero-order chi connectivity index (χ0) is 24.0. The molecule has 3 aromatic heterocycles. The van der Waals surface area contributed by atoms with Crippen LogP contribution in [0.4, 0.5) is 20.5 Å². The fourth-order valence-corrected chi connectivity index (χ4v) is 4.46. The van der Waals surface area contributed by atoms with E-state index in [1.165, 1.54) is 12.3 Å². The third-order valence-corrected chi connectivity index (χ3v) is 6.62. The number of carbonyl (C=O) groups excluding carboxylic acids is 1. The Morgan fingerprint density at radius 1 is 1.06 bits per heavy atom. The number of nitrogens with one attached hydrogen (secondary N) is 1. The van der Waals surface area contributed by atoms with Gasteiger partial charge in [-0.05, 0) is 33.0 Å². The number of fused-ring (bicyclic) bond motifs is 1. The molecule has 34 heavy (non-hydrogen) atoms. The number of nitrogens with zero attached hydrogens (tertiary/aromatic N) is 7. The van der Waals surface area contributed by atoms with Gasteiger partial charge in [0.05, 0.1) is 29.5 Å². The molecule has 0 atom stereocenters. The minimum absolute atomic E-state index is 0.152. The Morgan fingerprint density at radius 2 is 1.79 bits per heavy atom. The highest BCUT2D eigenvalue weighted by Gasteiger charge is 2.38. The monoisotopic (exact) mass is 470 g/mol. The molecule has 5 rings (SSSR count). The summed E-state index contributed by atoms with van der Waals surface area (Å²) in [7, 11) is 2.06. The zero-order valence-electron chi connectivity index (χ0n) is 19.5. The minimum atomic E-state index is -0.778. The third kappa shape index (κ3) is 4.04. The topological polar surface area (TPSA) is 81.9 Å². The first-order chi connectivity index (χ1) is 16.2. The maximum absolute atomic E-state index is 14.5. The van der Waals surface area contributed by atoms with Gasteiger partial charge in [0.25, 0.3) is 0 Å². The molecule has 2 fully saturated rings. The van der Waals surface area contributed by atoms with Gasteiger partial charge in [0.15, 0.2) is 23.1 Å². The molecule has 0 aromatic carbocycles. The van der Waals surface area contributed by atoms with Crippen molar-refractivity contribution in [3.8, 4) is 0 Å². The molecule has 0 aliphatic carbocycles. The van der Waals surface area contributed by atoms with Crippen molar-refractivity contribution in [1.82, 2.24) is 29.6 Å². The third-order valence-electron chi connectivity index (χ3n) is 6.62. The SMILES string of the molecule is CN1CCN(c2ncc(F)c(N3CC(C(=O)NC(C)(C)c4cnc5c(F)cccn45)C3)n2)CC1. The number of imidazole rings is 1. The molecule has 1 amide bonds. The lowest BCUT2D eigenvalue weighted by Gasteiger charge is -2.41. The minimum Gasteiger partial charge on any atom is -0.352 e. The highest BCUT2D eigenvalue weighted by atomic mass is 19.1. The van der Waals surface area contributed by atoms with Gasteiger partial charge in [0.1, 0.15) is 0 Å². The van der Waals surface area contributed by atoms with Crippen LogP contribution in [0.3, 0.4) is 0 Å². The molecular weight excluding hydrogens is 442 g/mol. The Hall–Kier alpha value is -3.34. The first-order valence-electron chi connectivity index (χ1n) is 11.4.